The molecule has 4 aromatic rings. The van der Waals surface area contributed by atoms with E-state index >= 15 is 0 Å². The summed E-state index contributed by atoms with van der Waals surface area (Å²) in [4.78, 5) is 56.1. The molecule has 0 aliphatic heterocycles. The number of nitrogens with one attached hydrogen (secondary N) is 1. The number of thiazole rings is 1. The Morgan fingerprint density at radius 3 is 2.50 bits per heavy atom. The summed E-state index contributed by atoms with van der Waals surface area (Å²) >= 11 is 2.63. The second-order valence-electron chi connectivity index (χ2n) is 7.00. The Morgan fingerprint density at radius 1 is 1.09 bits per heavy atom. The van der Waals surface area contributed by atoms with Crippen molar-refractivity contribution >= 4 is 51.0 Å². The second kappa shape index (κ2) is 10.1. The molecule has 0 saturated carbocycles. The number of hydrogen-bond acceptors (Lipinski definition) is 8. The lowest BCUT2D eigenvalue weighted by atomic mass is 10.2. The molecule has 34 heavy (non-hydrogen) atoms. The summed E-state index contributed by atoms with van der Waals surface area (Å²) in [6.07, 6.45) is 0. The predicted octanol–water partition coefficient (Wildman–Crippen LogP) is 3.15. The van der Waals surface area contributed by atoms with Crippen LogP contribution < -0.4 is 16.6 Å². The molecule has 0 aliphatic carbocycles. The average Bonchev–Trinajstić information content (AvgIpc) is 3.27. The number of benzene rings is 2. The van der Waals surface area contributed by atoms with Gasteiger partial charge in [0.25, 0.3) is 5.56 Å². The summed E-state index contributed by atoms with van der Waals surface area (Å²) in [6, 6.07) is 14.9. The van der Waals surface area contributed by atoms with E-state index < -0.39 is 29.7 Å². The monoisotopic (exact) mass is 496 g/mol. The van der Waals surface area contributed by atoms with E-state index in [0.29, 0.717) is 10.0 Å². The van der Waals surface area contributed by atoms with E-state index in [9.17, 15) is 19.2 Å². The number of rotatable bonds is 7. The molecule has 0 saturated heterocycles. The predicted molar refractivity (Wildman–Crippen MR) is 132 cm³/mol. The van der Waals surface area contributed by atoms with Crippen molar-refractivity contribution in [3.05, 3.63) is 81.0 Å². The average molecular weight is 497 g/mol. The van der Waals surface area contributed by atoms with Gasteiger partial charge < -0.3 is 10.1 Å². The van der Waals surface area contributed by atoms with Crippen LogP contribution in [0, 0.1) is 0 Å². The molecule has 2 aromatic heterocycles. The zero-order chi connectivity index (χ0) is 24.2. The van der Waals surface area contributed by atoms with Crippen LogP contribution in [0.3, 0.4) is 0 Å². The number of esters is 1. The molecule has 2 aromatic carbocycles. The fraction of sp³-hybridized carbons (Fsp3) is 0.174. The number of anilines is 1. The quantitative estimate of drug-likeness (QED) is 0.309. The number of hydrogen-bond donors (Lipinski definition) is 1. The van der Waals surface area contributed by atoms with Gasteiger partial charge in [0.1, 0.15) is 11.2 Å². The number of thioether (sulfide) groups is 1. The number of para-hydroxylation sites is 2. The van der Waals surface area contributed by atoms with Gasteiger partial charge in [-0.2, -0.15) is 0 Å². The SMILES string of the molecule is CCSc1nc2c(s1)c(=O)n(-c1ccccc1)c(=O)n2CC(=O)Nc1ccccc1C(=O)OC. The van der Waals surface area contributed by atoms with Gasteiger partial charge in [-0.3, -0.25) is 14.2 Å². The van der Waals surface area contributed by atoms with Crippen LogP contribution in [0.2, 0.25) is 0 Å². The van der Waals surface area contributed by atoms with Gasteiger partial charge in [-0.05, 0) is 30.0 Å². The standard InChI is InChI=1S/C23H20N4O5S2/c1-3-33-22-25-19-18(34-22)20(29)27(14-9-5-4-6-10-14)23(31)26(19)13-17(28)24-16-12-8-7-11-15(16)21(30)32-2/h4-12H,3,13H2,1-2H3,(H,24,28). The molecule has 4 rings (SSSR count). The molecule has 0 unspecified atom stereocenters. The zero-order valence-corrected chi connectivity index (χ0v) is 19.9. The minimum absolute atomic E-state index is 0.152. The number of carbonyl (C=O) groups excluding carboxylic acids is 2. The first-order chi connectivity index (χ1) is 16.4. The van der Waals surface area contributed by atoms with E-state index in [4.69, 9.17) is 4.74 Å². The second-order valence-corrected chi connectivity index (χ2v) is 9.51. The number of carbonyl (C=O) groups is 2. The molecular formula is C23H20N4O5S2. The number of nitrogens with zero attached hydrogens (tertiary/aromatic N) is 3. The maximum Gasteiger partial charge on any atom is 0.339 e. The van der Waals surface area contributed by atoms with Crippen LogP contribution >= 0.6 is 23.1 Å². The zero-order valence-electron chi connectivity index (χ0n) is 18.3. The first-order valence-electron chi connectivity index (χ1n) is 10.3. The highest BCUT2D eigenvalue weighted by Crippen LogP contribution is 2.27. The molecule has 0 bridgehead atoms. The lowest BCUT2D eigenvalue weighted by molar-refractivity contribution is -0.116. The third-order valence-electron chi connectivity index (χ3n) is 4.86. The van der Waals surface area contributed by atoms with E-state index in [1.54, 1.807) is 48.5 Å². The van der Waals surface area contributed by atoms with E-state index in [-0.39, 0.29) is 21.6 Å². The van der Waals surface area contributed by atoms with Crippen molar-refractivity contribution in [3.63, 3.8) is 0 Å². The number of fused-ring (bicyclic) bond motifs is 1. The van der Waals surface area contributed by atoms with Crippen LogP contribution in [-0.2, 0) is 16.1 Å². The van der Waals surface area contributed by atoms with Gasteiger partial charge in [0, 0.05) is 0 Å². The van der Waals surface area contributed by atoms with Gasteiger partial charge in [-0.1, -0.05) is 49.0 Å². The van der Waals surface area contributed by atoms with Gasteiger partial charge in [0.2, 0.25) is 5.91 Å². The normalized spacial score (nSPS) is 10.9. The van der Waals surface area contributed by atoms with Crippen molar-refractivity contribution in [1.82, 2.24) is 14.1 Å². The van der Waals surface area contributed by atoms with E-state index in [1.807, 2.05) is 6.92 Å². The van der Waals surface area contributed by atoms with Crippen molar-refractivity contribution in [1.29, 1.82) is 0 Å². The van der Waals surface area contributed by atoms with Gasteiger partial charge in [0.05, 0.1) is 24.0 Å². The topological polar surface area (TPSA) is 112 Å². The van der Waals surface area contributed by atoms with Crippen molar-refractivity contribution in [2.75, 3.05) is 18.2 Å². The highest BCUT2D eigenvalue weighted by atomic mass is 32.2. The van der Waals surface area contributed by atoms with Crippen molar-refractivity contribution in [2.24, 2.45) is 0 Å². The van der Waals surface area contributed by atoms with E-state index in [1.165, 1.54) is 40.8 Å². The Kier molecular flexibility index (Phi) is 6.94. The van der Waals surface area contributed by atoms with Crippen molar-refractivity contribution in [2.45, 2.75) is 17.8 Å². The maximum absolute atomic E-state index is 13.4. The summed E-state index contributed by atoms with van der Waals surface area (Å²) in [5.41, 5.74) is -0.194. The Labute approximate surface area is 202 Å². The summed E-state index contributed by atoms with van der Waals surface area (Å²) in [5, 5.41) is 2.66. The molecule has 0 aliphatic rings. The molecule has 11 heteroatoms. The molecular weight excluding hydrogens is 476 g/mol. The molecule has 0 atom stereocenters. The summed E-state index contributed by atoms with van der Waals surface area (Å²) in [5.74, 6) is -0.425. The highest BCUT2D eigenvalue weighted by molar-refractivity contribution is 8.01. The van der Waals surface area contributed by atoms with Gasteiger partial charge in [-0.25, -0.2) is 19.1 Å². The van der Waals surface area contributed by atoms with E-state index in [0.717, 1.165) is 10.3 Å². The minimum atomic E-state index is -0.682. The molecule has 0 fully saturated rings. The van der Waals surface area contributed by atoms with Crippen LogP contribution in [0.25, 0.3) is 16.0 Å². The molecule has 1 amide bonds. The lowest BCUT2D eigenvalue weighted by Gasteiger charge is -2.13. The van der Waals surface area contributed by atoms with Crippen molar-refractivity contribution < 1.29 is 14.3 Å². The highest BCUT2D eigenvalue weighted by Gasteiger charge is 2.21. The van der Waals surface area contributed by atoms with Crippen LogP contribution in [-0.4, -0.2) is 38.9 Å². The van der Waals surface area contributed by atoms with Gasteiger partial charge >= 0.3 is 11.7 Å². The van der Waals surface area contributed by atoms with E-state index in [2.05, 4.69) is 10.3 Å². The summed E-state index contributed by atoms with van der Waals surface area (Å²) in [7, 11) is 1.25. The summed E-state index contributed by atoms with van der Waals surface area (Å²) < 4.78 is 7.89. The Hall–Kier alpha value is -3.70. The number of amides is 1. The molecule has 1 N–H and O–H groups in total. The third kappa shape index (κ3) is 4.52. The number of aromatic nitrogens is 3. The molecule has 174 valence electrons. The number of ether oxygens (including phenoxy) is 1. The first kappa shape index (κ1) is 23.5. The summed E-state index contributed by atoms with van der Waals surface area (Å²) in [6.45, 7) is 1.55. The third-order valence-corrected chi connectivity index (χ3v) is 6.91. The van der Waals surface area contributed by atoms with Crippen LogP contribution in [0.1, 0.15) is 17.3 Å². The Bertz CT molecular complexity index is 1490. The van der Waals surface area contributed by atoms with Crippen molar-refractivity contribution in [3.8, 4) is 5.69 Å². The fourth-order valence-electron chi connectivity index (χ4n) is 3.36. The van der Waals surface area contributed by atoms with Crippen LogP contribution in [0.15, 0.2) is 68.5 Å². The van der Waals surface area contributed by atoms with Gasteiger partial charge in [0.15, 0.2) is 9.99 Å². The Balaban J connectivity index is 1.81. The fourth-order valence-corrected chi connectivity index (χ4v) is 5.33. The first-order valence-corrected chi connectivity index (χ1v) is 12.1. The lowest BCUT2D eigenvalue weighted by Crippen LogP contribution is -2.40. The molecule has 9 nitrogen and oxygen atoms in total. The number of methoxy groups -OCH3 is 1. The smallest absolute Gasteiger partial charge is 0.339 e. The maximum atomic E-state index is 13.4. The van der Waals surface area contributed by atoms with Gasteiger partial charge in [-0.15, -0.1) is 11.3 Å². The Morgan fingerprint density at radius 2 is 1.79 bits per heavy atom. The largest absolute Gasteiger partial charge is 0.465 e. The molecule has 0 spiro atoms. The van der Waals surface area contributed by atoms with Crippen LogP contribution in [0.5, 0.6) is 0 Å². The van der Waals surface area contributed by atoms with Crippen LogP contribution in [0.4, 0.5) is 5.69 Å². The molecule has 0 radical (unpaired) electrons. The molecule has 2 heterocycles. The minimum Gasteiger partial charge on any atom is -0.465 e.